The van der Waals surface area contributed by atoms with Gasteiger partial charge in [0.2, 0.25) is 0 Å². The molecule has 0 radical (unpaired) electrons. The summed E-state index contributed by atoms with van der Waals surface area (Å²) in [4.78, 5) is 41.8. The molecule has 0 spiro atoms. The van der Waals surface area contributed by atoms with Crippen LogP contribution in [0.2, 0.25) is 0 Å². The fraction of sp³-hybridized carbons (Fsp3) is 0.488. The number of amides is 1. The number of hydrogen-bond acceptors (Lipinski definition) is 14. The van der Waals surface area contributed by atoms with E-state index >= 15 is 0 Å². The predicted octanol–water partition coefficient (Wildman–Crippen LogP) is 4.68. The first-order valence-corrected chi connectivity index (χ1v) is 18.5. The van der Waals surface area contributed by atoms with Crippen LogP contribution in [0.15, 0.2) is 46.3 Å². The van der Waals surface area contributed by atoms with Crippen molar-refractivity contribution < 1.29 is 58.9 Å². The average molecular weight is 795 g/mol. The van der Waals surface area contributed by atoms with E-state index in [1.165, 1.54) is 59.6 Å². The van der Waals surface area contributed by atoms with Crippen LogP contribution in [0.25, 0.3) is 10.8 Å². The lowest BCUT2D eigenvalue weighted by Crippen LogP contribution is -2.46. The number of allylic oxidation sites excluding steroid dienone is 2. The highest BCUT2D eigenvalue weighted by atomic mass is 16.7. The highest BCUT2D eigenvalue weighted by molar-refractivity contribution is 6.23. The number of rotatable bonds is 5. The van der Waals surface area contributed by atoms with Crippen molar-refractivity contribution in [2.45, 2.75) is 85.6 Å². The lowest BCUT2D eigenvalue weighted by molar-refractivity contribution is -0.160. The minimum atomic E-state index is -2.06. The molecule has 3 heterocycles. The topological polar surface area (TPSA) is 229 Å². The number of ether oxygens (including phenoxy) is 4. The highest BCUT2D eigenvalue weighted by Gasteiger charge is 2.50. The first-order valence-electron chi connectivity index (χ1n) is 18.5. The fourth-order valence-corrected chi connectivity index (χ4v) is 7.10. The molecule has 0 fully saturated rings. The van der Waals surface area contributed by atoms with E-state index in [0.717, 1.165) is 6.21 Å². The maximum atomic E-state index is 14.3. The number of hydrogen-bond donors (Lipinski definition) is 6. The van der Waals surface area contributed by atoms with Gasteiger partial charge in [-0.25, -0.2) is 0 Å². The number of ketones is 1. The van der Waals surface area contributed by atoms with Gasteiger partial charge in [0.25, 0.3) is 11.7 Å². The van der Waals surface area contributed by atoms with E-state index in [9.17, 15) is 39.9 Å². The Hall–Kier alpha value is -5.45. The van der Waals surface area contributed by atoms with Gasteiger partial charge in [-0.15, -0.1) is 5.10 Å². The van der Waals surface area contributed by atoms with Crippen molar-refractivity contribution in [3.05, 3.63) is 52.8 Å². The number of carbonyl (C=O) groups is 3. The predicted molar refractivity (Wildman–Crippen MR) is 214 cm³/mol. The van der Waals surface area contributed by atoms with Crippen molar-refractivity contribution in [1.82, 2.24) is 4.90 Å². The van der Waals surface area contributed by atoms with Gasteiger partial charge in [-0.05, 0) is 19.9 Å². The Kier molecular flexibility index (Phi) is 13.8. The van der Waals surface area contributed by atoms with Gasteiger partial charge < -0.3 is 54.7 Å². The summed E-state index contributed by atoms with van der Waals surface area (Å²) in [5.41, 5.74) is -0.628. The molecule has 3 aliphatic heterocycles. The normalized spacial score (nSPS) is 30.9. The Morgan fingerprint density at radius 2 is 1.61 bits per heavy atom. The summed E-state index contributed by atoms with van der Waals surface area (Å²) in [5.74, 6) is -8.66. The Morgan fingerprint density at radius 3 is 2.23 bits per heavy atom. The van der Waals surface area contributed by atoms with Gasteiger partial charge in [-0.1, -0.05) is 45.9 Å². The first kappa shape index (κ1) is 44.3. The number of phenols is 3. The largest absolute Gasteiger partial charge is 0.507 e. The van der Waals surface area contributed by atoms with E-state index in [-0.39, 0.29) is 44.5 Å². The molecule has 9 atom stereocenters. The number of methoxy groups -OCH3 is 1. The number of phenolic OH excluding ortho intramolecular Hbond substituents is 3. The molecular weight excluding hydrogens is 740 g/mol. The maximum Gasteiger partial charge on any atom is 0.312 e. The van der Waals surface area contributed by atoms with Crippen LogP contribution in [0.4, 0.5) is 5.69 Å². The molecule has 0 unspecified atom stereocenters. The number of carbonyl (C=O) groups excluding carboxylic acids is 3. The number of Topliss-reactive ketones (excluding diaryl/α,β-unsaturated/α-hetero) is 1. The number of aliphatic hydroxyl groups is 2. The van der Waals surface area contributed by atoms with E-state index < -0.39 is 88.8 Å². The third-order valence-electron chi connectivity index (χ3n) is 10.6. The first-order chi connectivity index (χ1) is 26.7. The maximum absolute atomic E-state index is 14.3. The summed E-state index contributed by atoms with van der Waals surface area (Å²) in [6, 6.07) is 0. The molecule has 57 heavy (non-hydrogen) atoms. The second kappa shape index (κ2) is 17.8. The van der Waals surface area contributed by atoms with E-state index in [0.29, 0.717) is 0 Å². The second-order valence-electron chi connectivity index (χ2n) is 15.1. The molecule has 0 aromatic heterocycles. The van der Waals surface area contributed by atoms with E-state index in [1.807, 2.05) is 0 Å². The quantitative estimate of drug-likeness (QED) is 0.0604. The number of aliphatic hydroxyl groups excluding tert-OH is 2. The standard InChI is InChI=1S/C41H54N4O12/c1-19-13-12-14-20(2)40(53)44-31-26(17-42-43-18-45(9)10)35(50)28-29(36(31)51)34(49)24(6)38-30(28)39(52)41(8,57-38)55-16-15-27(54-11)21(3)37(56-25(7)46)23(5)33(48)22(4)32(19)47/h12-19,21-23,27,32-33,37,47-51H,1-11H3,(H,44,53)/b13-12+,16-15+,20-14-,42-17+,43-18+/t19-,21-,22-,23+,27+,32+,33+,37-,41+/m1/s1. The fourth-order valence-electron chi connectivity index (χ4n) is 7.10. The van der Waals surface area contributed by atoms with E-state index in [2.05, 4.69) is 15.5 Å². The number of nitrogens with zero attached hydrogens (tertiary/aromatic N) is 3. The molecule has 5 rings (SSSR count). The third-order valence-corrected chi connectivity index (χ3v) is 10.6. The molecule has 16 nitrogen and oxygen atoms in total. The molecule has 0 saturated carbocycles. The van der Waals surface area contributed by atoms with Gasteiger partial charge in [0.05, 0.1) is 53.0 Å². The molecule has 1 amide bonds. The third kappa shape index (κ3) is 8.92. The van der Waals surface area contributed by atoms with Crippen LogP contribution in [-0.2, 0) is 23.8 Å². The van der Waals surface area contributed by atoms with E-state index in [1.54, 1.807) is 58.8 Å². The molecule has 310 valence electrons. The molecule has 0 aliphatic carbocycles. The summed E-state index contributed by atoms with van der Waals surface area (Å²) in [7, 11) is 4.84. The van der Waals surface area contributed by atoms with Gasteiger partial charge in [-0.3, -0.25) is 14.4 Å². The number of anilines is 1. The molecule has 16 heteroatoms. The molecule has 6 N–H and O–H groups in total. The second-order valence-corrected chi connectivity index (χ2v) is 15.1. The molecule has 5 bridgehead atoms. The molecular formula is C41H54N4O12. The molecule has 2 aromatic rings. The molecule has 3 aliphatic rings. The number of aromatic hydroxyl groups is 3. The Labute approximate surface area is 331 Å². The van der Waals surface area contributed by atoms with Crippen molar-refractivity contribution in [2.75, 3.05) is 26.5 Å². The lowest BCUT2D eigenvalue weighted by atomic mass is 9.78. The molecule has 2 aromatic carbocycles. The lowest BCUT2D eigenvalue weighted by Gasteiger charge is -2.38. The number of nitrogens with one attached hydrogen (secondary N) is 1. The summed E-state index contributed by atoms with van der Waals surface area (Å²) >= 11 is 0. The van der Waals surface area contributed by atoms with Crippen molar-refractivity contribution in [3.63, 3.8) is 0 Å². The number of benzene rings is 2. The Bertz CT molecular complexity index is 2040. The minimum absolute atomic E-state index is 0.0311. The summed E-state index contributed by atoms with van der Waals surface area (Å²) in [5, 5.41) is 67.7. The summed E-state index contributed by atoms with van der Waals surface area (Å²) in [6.45, 7) is 12.4. The van der Waals surface area contributed by atoms with Crippen LogP contribution >= 0.6 is 0 Å². The zero-order valence-corrected chi connectivity index (χ0v) is 34.1. The van der Waals surface area contributed by atoms with E-state index in [4.69, 9.17) is 18.9 Å². The van der Waals surface area contributed by atoms with Gasteiger partial charge in [0.15, 0.2) is 5.75 Å². The zero-order valence-electron chi connectivity index (χ0n) is 34.1. The van der Waals surface area contributed by atoms with Crippen LogP contribution in [0.5, 0.6) is 23.0 Å². The van der Waals surface area contributed by atoms with Crippen LogP contribution in [-0.4, -0.2) is 112 Å². The van der Waals surface area contributed by atoms with Gasteiger partial charge >= 0.3 is 11.8 Å². The minimum Gasteiger partial charge on any atom is -0.507 e. The molecule has 0 saturated heterocycles. The Balaban J connectivity index is 1.98. The average Bonchev–Trinajstić information content (AvgIpc) is 3.42. The van der Waals surface area contributed by atoms with Crippen LogP contribution < -0.4 is 10.1 Å². The van der Waals surface area contributed by atoms with Crippen LogP contribution in [0, 0.1) is 30.6 Å². The van der Waals surface area contributed by atoms with Gasteiger partial charge in [-0.2, -0.15) is 5.10 Å². The summed E-state index contributed by atoms with van der Waals surface area (Å²) < 4.78 is 23.4. The van der Waals surface area contributed by atoms with Gasteiger partial charge in [0, 0.05) is 75.2 Å². The SMILES string of the molecule is CO[C@H]1/C=C/O[C@@]2(C)Oc3c(C)c(O)c4c(O)c(c(/C=N/N=C/N(C)C)c(O)c4c3C2=O)NC(=O)/C(C)=C\C=C\[C@@H](C)[C@H](O)[C@@H](C)[C@H](O)[C@H](C)[C@H](OC(C)=O)[C@@H]1C. The van der Waals surface area contributed by atoms with Crippen LogP contribution in [0.3, 0.4) is 0 Å². The summed E-state index contributed by atoms with van der Waals surface area (Å²) in [6.07, 6.45) is 5.86. The van der Waals surface area contributed by atoms with Crippen molar-refractivity contribution in [2.24, 2.45) is 33.9 Å². The monoisotopic (exact) mass is 794 g/mol. The van der Waals surface area contributed by atoms with Gasteiger partial charge in [0.1, 0.15) is 29.7 Å². The number of fused-ring (bicyclic) bond motifs is 14. The van der Waals surface area contributed by atoms with Crippen molar-refractivity contribution >= 4 is 46.7 Å². The van der Waals surface area contributed by atoms with Crippen molar-refractivity contribution in [1.29, 1.82) is 0 Å². The van der Waals surface area contributed by atoms with Crippen molar-refractivity contribution in [3.8, 4) is 23.0 Å². The zero-order chi connectivity index (χ0) is 42.7. The number of esters is 1. The Morgan fingerprint density at radius 1 is 0.947 bits per heavy atom. The highest BCUT2D eigenvalue weighted by Crippen LogP contribution is 2.55. The smallest absolute Gasteiger partial charge is 0.312 e. The van der Waals surface area contributed by atoms with Crippen LogP contribution in [0.1, 0.15) is 70.0 Å².